The van der Waals surface area contributed by atoms with E-state index < -0.39 is 0 Å². The van der Waals surface area contributed by atoms with E-state index in [1.54, 1.807) is 13.2 Å². The molecule has 3 nitrogen and oxygen atoms in total. The Labute approximate surface area is 121 Å². The van der Waals surface area contributed by atoms with Gasteiger partial charge in [-0.2, -0.15) is 0 Å². The van der Waals surface area contributed by atoms with E-state index in [9.17, 15) is 4.39 Å². The number of hydrogen-bond acceptors (Lipinski definition) is 3. The molecule has 1 unspecified atom stereocenters. The first-order valence-corrected chi connectivity index (χ1v) is 7.10. The quantitative estimate of drug-likeness (QED) is 0.789. The zero-order valence-corrected chi connectivity index (χ0v) is 13.1. The Balaban J connectivity index is 2.74. The van der Waals surface area contributed by atoms with Crippen molar-refractivity contribution >= 4 is 0 Å². The molecule has 0 aliphatic rings. The van der Waals surface area contributed by atoms with Crippen LogP contribution in [0.3, 0.4) is 0 Å². The summed E-state index contributed by atoms with van der Waals surface area (Å²) in [6.07, 6.45) is 0.774. The lowest BCUT2D eigenvalue weighted by molar-refractivity contribution is 0.00534. The van der Waals surface area contributed by atoms with Gasteiger partial charge in [0.05, 0.1) is 12.2 Å². The molecule has 0 aromatic heterocycles. The molecule has 0 saturated carbocycles. The van der Waals surface area contributed by atoms with Crippen molar-refractivity contribution in [1.82, 2.24) is 5.32 Å². The van der Waals surface area contributed by atoms with Crippen LogP contribution in [-0.4, -0.2) is 25.9 Å². The molecule has 0 spiro atoms. The Bertz CT molecular complexity index is 421. The van der Waals surface area contributed by atoms with Crippen molar-refractivity contribution in [3.8, 4) is 5.75 Å². The van der Waals surface area contributed by atoms with E-state index >= 15 is 0 Å². The Kier molecular flexibility index (Phi) is 6.43. The minimum atomic E-state index is -0.241. The first kappa shape index (κ1) is 16.9. The highest BCUT2D eigenvalue weighted by Gasteiger charge is 2.17. The van der Waals surface area contributed by atoms with Gasteiger partial charge in [0.1, 0.15) is 11.6 Å². The molecule has 0 saturated heterocycles. The fourth-order valence-electron chi connectivity index (χ4n) is 1.91. The van der Waals surface area contributed by atoms with Crippen LogP contribution in [0.2, 0.25) is 0 Å². The van der Waals surface area contributed by atoms with E-state index in [0.29, 0.717) is 6.61 Å². The van der Waals surface area contributed by atoms with Crippen LogP contribution in [0.1, 0.15) is 45.7 Å². The van der Waals surface area contributed by atoms with Gasteiger partial charge >= 0.3 is 0 Å². The van der Waals surface area contributed by atoms with E-state index in [2.05, 4.69) is 5.32 Å². The fourth-order valence-corrected chi connectivity index (χ4v) is 1.91. The van der Waals surface area contributed by atoms with Crippen LogP contribution in [-0.2, 0) is 4.74 Å². The summed E-state index contributed by atoms with van der Waals surface area (Å²) in [5.74, 6) is 0.487. The molecule has 0 fully saturated rings. The number of hydrogen-bond donors (Lipinski definition) is 1. The molecule has 0 heterocycles. The van der Waals surface area contributed by atoms with Crippen molar-refractivity contribution in [1.29, 1.82) is 0 Å². The molecule has 1 rings (SSSR count). The molecule has 20 heavy (non-hydrogen) atoms. The van der Waals surface area contributed by atoms with Crippen molar-refractivity contribution in [2.45, 2.75) is 45.8 Å². The topological polar surface area (TPSA) is 30.5 Å². The van der Waals surface area contributed by atoms with Crippen LogP contribution in [0.25, 0.3) is 0 Å². The molecule has 1 aromatic rings. The minimum absolute atomic E-state index is 0.0566. The molecule has 4 heteroatoms. The molecule has 1 atom stereocenters. The molecular weight excluding hydrogens is 257 g/mol. The smallest absolute Gasteiger partial charge is 0.124 e. The largest absolute Gasteiger partial charge is 0.493 e. The maximum atomic E-state index is 13.4. The van der Waals surface area contributed by atoms with Gasteiger partial charge in [-0.15, -0.1) is 0 Å². The van der Waals surface area contributed by atoms with Gasteiger partial charge in [0, 0.05) is 25.1 Å². The van der Waals surface area contributed by atoms with Gasteiger partial charge in [0.15, 0.2) is 0 Å². The summed E-state index contributed by atoms with van der Waals surface area (Å²) in [6.45, 7) is 9.43. The Hall–Kier alpha value is -1.13. The number of benzene rings is 1. The summed E-state index contributed by atoms with van der Waals surface area (Å²) in [5, 5.41) is 3.28. The molecule has 114 valence electrons. The van der Waals surface area contributed by atoms with Gasteiger partial charge in [0.2, 0.25) is 0 Å². The van der Waals surface area contributed by atoms with Crippen LogP contribution in [0.4, 0.5) is 4.39 Å². The fraction of sp³-hybridized carbons (Fsp3) is 0.625. The first-order chi connectivity index (χ1) is 9.39. The van der Waals surface area contributed by atoms with Crippen molar-refractivity contribution in [2.75, 3.05) is 20.3 Å². The molecule has 1 aromatic carbocycles. The number of ether oxygens (including phenoxy) is 2. The van der Waals surface area contributed by atoms with Crippen LogP contribution in [0, 0.1) is 5.82 Å². The second kappa shape index (κ2) is 7.60. The van der Waals surface area contributed by atoms with Gasteiger partial charge in [-0.3, -0.25) is 0 Å². The summed E-state index contributed by atoms with van der Waals surface area (Å²) in [6, 6.07) is 4.71. The second-order valence-corrected chi connectivity index (χ2v) is 5.52. The SMILES string of the molecule is CCNC(C)c1cc(F)ccc1OCCC(C)(C)OC. The lowest BCUT2D eigenvalue weighted by Crippen LogP contribution is -2.25. The third-order valence-corrected chi connectivity index (χ3v) is 3.46. The molecule has 1 N–H and O–H groups in total. The number of halogens is 1. The van der Waals surface area contributed by atoms with Gasteiger partial charge in [-0.05, 0) is 45.5 Å². The highest BCUT2D eigenvalue weighted by Crippen LogP contribution is 2.27. The first-order valence-electron chi connectivity index (χ1n) is 7.10. The van der Waals surface area contributed by atoms with Gasteiger partial charge in [-0.25, -0.2) is 4.39 Å². The average Bonchev–Trinajstić information content (AvgIpc) is 2.40. The Morgan fingerprint density at radius 3 is 2.65 bits per heavy atom. The number of nitrogens with one attached hydrogen (secondary N) is 1. The maximum absolute atomic E-state index is 13.4. The Morgan fingerprint density at radius 2 is 2.05 bits per heavy atom. The predicted molar refractivity (Wildman–Crippen MR) is 79.7 cm³/mol. The molecule has 0 aliphatic heterocycles. The van der Waals surface area contributed by atoms with Crippen LogP contribution in [0.5, 0.6) is 5.75 Å². The van der Waals surface area contributed by atoms with Crippen LogP contribution >= 0.6 is 0 Å². The number of methoxy groups -OCH3 is 1. The zero-order valence-electron chi connectivity index (χ0n) is 13.1. The number of rotatable bonds is 8. The highest BCUT2D eigenvalue weighted by atomic mass is 19.1. The predicted octanol–water partition coefficient (Wildman–Crippen LogP) is 3.69. The van der Waals surface area contributed by atoms with E-state index in [0.717, 1.165) is 24.3 Å². The lowest BCUT2D eigenvalue weighted by Gasteiger charge is -2.24. The molecular formula is C16H26FNO2. The summed E-state index contributed by atoms with van der Waals surface area (Å²) in [7, 11) is 1.69. The average molecular weight is 283 g/mol. The van der Waals surface area contributed by atoms with Crippen molar-refractivity contribution < 1.29 is 13.9 Å². The summed E-state index contributed by atoms with van der Waals surface area (Å²) in [5.41, 5.74) is 0.634. The third-order valence-electron chi connectivity index (χ3n) is 3.46. The summed E-state index contributed by atoms with van der Waals surface area (Å²) in [4.78, 5) is 0. The zero-order chi connectivity index (χ0) is 15.2. The second-order valence-electron chi connectivity index (χ2n) is 5.52. The molecule has 0 radical (unpaired) electrons. The van der Waals surface area contributed by atoms with Crippen molar-refractivity contribution in [2.24, 2.45) is 0 Å². The molecule has 0 bridgehead atoms. The summed E-state index contributed by atoms with van der Waals surface area (Å²) < 4.78 is 24.6. The molecule has 0 aliphatic carbocycles. The summed E-state index contributed by atoms with van der Waals surface area (Å²) >= 11 is 0. The lowest BCUT2D eigenvalue weighted by atomic mass is 10.1. The minimum Gasteiger partial charge on any atom is -0.493 e. The highest BCUT2D eigenvalue weighted by molar-refractivity contribution is 5.36. The van der Waals surface area contributed by atoms with E-state index in [-0.39, 0.29) is 17.5 Å². The third kappa shape index (κ3) is 5.10. The van der Waals surface area contributed by atoms with Gasteiger partial charge in [0.25, 0.3) is 0 Å². The Morgan fingerprint density at radius 1 is 1.35 bits per heavy atom. The van der Waals surface area contributed by atoms with Crippen molar-refractivity contribution in [3.05, 3.63) is 29.6 Å². The van der Waals surface area contributed by atoms with Gasteiger partial charge < -0.3 is 14.8 Å². The molecule has 0 amide bonds. The van der Waals surface area contributed by atoms with Gasteiger partial charge in [-0.1, -0.05) is 6.92 Å². The van der Waals surface area contributed by atoms with E-state index in [1.807, 2.05) is 27.7 Å². The van der Waals surface area contributed by atoms with E-state index in [4.69, 9.17) is 9.47 Å². The van der Waals surface area contributed by atoms with Crippen LogP contribution < -0.4 is 10.1 Å². The van der Waals surface area contributed by atoms with Crippen LogP contribution in [0.15, 0.2) is 18.2 Å². The maximum Gasteiger partial charge on any atom is 0.124 e. The van der Waals surface area contributed by atoms with E-state index in [1.165, 1.54) is 12.1 Å². The van der Waals surface area contributed by atoms with Crippen molar-refractivity contribution in [3.63, 3.8) is 0 Å². The monoisotopic (exact) mass is 283 g/mol. The standard InChI is InChI=1S/C16H26FNO2/c1-6-18-12(2)14-11-13(17)7-8-15(14)20-10-9-16(3,4)19-5/h7-8,11-12,18H,6,9-10H2,1-5H3. The normalized spacial score (nSPS) is 13.3.